The van der Waals surface area contributed by atoms with Crippen molar-refractivity contribution in [3.05, 3.63) is 35.4 Å². The molecule has 1 saturated heterocycles. The molecule has 0 amide bonds. The molecule has 80 valence electrons. The van der Waals surface area contributed by atoms with Crippen molar-refractivity contribution in [1.82, 2.24) is 5.01 Å². The Morgan fingerprint density at radius 2 is 1.53 bits per heavy atom. The molecule has 1 aliphatic heterocycles. The number of hydrogen-bond acceptors (Lipinski definition) is 2. The number of hydrazine groups is 1. The monoisotopic (exact) mass is 202 g/mol. The first kappa shape index (κ1) is 9.37. The van der Waals surface area contributed by atoms with E-state index in [1.165, 1.54) is 25.7 Å². The van der Waals surface area contributed by atoms with Gasteiger partial charge in [-0.3, -0.25) is 5.84 Å². The van der Waals surface area contributed by atoms with Crippen molar-refractivity contribution in [1.29, 1.82) is 0 Å². The van der Waals surface area contributed by atoms with Gasteiger partial charge < -0.3 is 0 Å². The molecule has 0 radical (unpaired) electrons. The zero-order chi connectivity index (χ0) is 10.3. The summed E-state index contributed by atoms with van der Waals surface area (Å²) in [7, 11) is 0. The lowest BCUT2D eigenvalue weighted by Crippen LogP contribution is -2.44. The molecule has 2 N–H and O–H groups in total. The number of fused-ring (bicyclic) bond motifs is 1. The summed E-state index contributed by atoms with van der Waals surface area (Å²) < 4.78 is 0. The number of piperidine rings is 1. The minimum atomic E-state index is 0.541. The second kappa shape index (κ2) is 3.32. The molecule has 1 aromatic rings. The zero-order valence-electron chi connectivity index (χ0n) is 9.08. The van der Waals surface area contributed by atoms with Crippen LogP contribution in [0.4, 0.5) is 0 Å². The van der Waals surface area contributed by atoms with Gasteiger partial charge in [0.05, 0.1) is 0 Å². The Morgan fingerprint density at radius 1 is 1.00 bits per heavy atom. The van der Waals surface area contributed by atoms with E-state index in [-0.39, 0.29) is 0 Å². The summed E-state index contributed by atoms with van der Waals surface area (Å²) in [4.78, 5) is 0. The topological polar surface area (TPSA) is 29.3 Å². The third-order valence-electron chi connectivity index (χ3n) is 4.11. The van der Waals surface area contributed by atoms with Crippen LogP contribution in [0, 0.1) is 5.41 Å². The van der Waals surface area contributed by atoms with Crippen LogP contribution in [-0.2, 0) is 12.8 Å². The molecule has 1 aromatic carbocycles. The molecule has 2 nitrogen and oxygen atoms in total. The van der Waals surface area contributed by atoms with Gasteiger partial charge >= 0.3 is 0 Å². The number of rotatable bonds is 0. The fraction of sp³-hybridized carbons (Fsp3) is 0.538. The predicted molar refractivity (Wildman–Crippen MR) is 61.3 cm³/mol. The SMILES string of the molecule is NN1CCC2(CC1)Cc1ccccc1C2. The number of nitrogens with two attached hydrogens (primary N) is 1. The van der Waals surface area contributed by atoms with E-state index in [1.807, 2.05) is 5.01 Å². The van der Waals surface area contributed by atoms with E-state index in [2.05, 4.69) is 24.3 Å². The first-order valence-corrected chi connectivity index (χ1v) is 5.84. The van der Waals surface area contributed by atoms with E-state index in [0.717, 1.165) is 13.1 Å². The van der Waals surface area contributed by atoms with Crippen molar-refractivity contribution in [2.45, 2.75) is 25.7 Å². The lowest BCUT2D eigenvalue weighted by molar-refractivity contribution is 0.112. The van der Waals surface area contributed by atoms with Gasteiger partial charge in [-0.2, -0.15) is 0 Å². The van der Waals surface area contributed by atoms with E-state index >= 15 is 0 Å². The fourth-order valence-corrected chi connectivity index (χ4v) is 3.12. The first-order chi connectivity index (χ1) is 7.27. The van der Waals surface area contributed by atoms with Crippen molar-refractivity contribution in [3.63, 3.8) is 0 Å². The van der Waals surface area contributed by atoms with E-state index in [0.29, 0.717) is 5.41 Å². The van der Waals surface area contributed by atoms with Crippen molar-refractivity contribution >= 4 is 0 Å². The summed E-state index contributed by atoms with van der Waals surface area (Å²) in [5.41, 5.74) is 3.69. The third kappa shape index (κ3) is 1.58. The quantitative estimate of drug-likeness (QED) is 0.649. The summed E-state index contributed by atoms with van der Waals surface area (Å²) >= 11 is 0. The van der Waals surface area contributed by atoms with Gasteiger partial charge in [-0.25, -0.2) is 5.01 Å². The van der Waals surface area contributed by atoms with Gasteiger partial charge in [-0.05, 0) is 42.2 Å². The van der Waals surface area contributed by atoms with Gasteiger partial charge in [-0.1, -0.05) is 24.3 Å². The van der Waals surface area contributed by atoms with Crippen LogP contribution in [-0.4, -0.2) is 18.1 Å². The van der Waals surface area contributed by atoms with Crippen LogP contribution < -0.4 is 5.84 Å². The highest BCUT2D eigenvalue weighted by molar-refractivity contribution is 5.34. The maximum absolute atomic E-state index is 5.82. The molecule has 0 bridgehead atoms. The van der Waals surface area contributed by atoms with Crippen LogP contribution in [0.2, 0.25) is 0 Å². The normalized spacial score (nSPS) is 24.3. The van der Waals surface area contributed by atoms with Crippen molar-refractivity contribution in [2.75, 3.05) is 13.1 Å². The van der Waals surface area contributed by atoms with Gasteiger partial charge in [0.15, 0.2) is 0 Å². The standard InChI is InChI=1S/C13H18N2/c14-15-7-5-13(6-8-15)9-11-3-1-2-4-12(11)10-13/h1-4H,5-10,14H2. The molecule has 0 aromatic heterocycles. The molecule has 0 unspecified atom stereocenters. The number of nitrogens with zero attached hydrogens (tertiary/aromatic N) is 1. The Hall–Kier alpha value is -0.860. The minimum absolute atomic E-state index is 0.541. The van der Waals surface area contributed by atoms with Gasteiger partial charge in [0.1, 0.15) is 0 Å². The van der Waals surface area contributed by atoms with Crippen LogP contribution in [0.25, 0.3) is 0 Å². The molecule has 15 heavy (non-hydrogen) atoms. The van der Waals surface area contributed by atoms with Crippen LogP contribution in [0.1, 0.15) is 24.0 Å². The molecule has 1 heterocycles. The molecule has 2 aliphatic rings. The van der Waals surface area contributed by atoms with Crippen LogP contribution in [0.3, 0.4) is 0 Å². The third-order valence-corrected chi connectivity index (χ3v) is 4.11. The molecule has 2 heteroatoms. The summed E-state index contributed by atoms with van der Waals surface area (Å²) in [5.74, 6) is 5.82. The van der Waals surface area contributed by atoms with Gasteiger partial charge in [0.25, 0.3) is 0 Å². The Labute approximate surface area is 91.0 Å². The summed E-state index contributed by atoms with van der Waals surface area (Å²) in [5, 5.41) is 1.97. The fourth-order valence-electron chi connectivity index (χ4n) is 3.12. The highest BCUT2D eigenvalue weighted by Gasteiger charge is 2.38. The number of hydrogen-bond donors (Lipinski definition) is 1. The lowest BCUT2D eigenvalue weighted by Gasteiger charge is -2.37. The maximum atomic E-state index is 5.82. The average Bonchev–Trinajstić information content (AvgIpc) is 2.61. The highest BCUT2D eigenvalue weighted by atomic mass is 15.4. The average molecular weight is 202 g/mol. The van der Waals surface area contributed by atoms with Gasteiger partial charge in [0, 0.05) is 13.1 Å². The van der Waals surface area contributed by atoms with Crippen molar-refractivity contribution in [3.8, 4) is 0 Å². The smallest absolute Gasteiger partial charge is 0.0134 e. The lowest BCUT2D eigenvalue weighted by atomic mass is 9.76. The molecule has 1 aliphatic carbocycles. The Kier molecular flexibility index (Phi) is 2.08. The summed E-state index contributed by atoms with van der Waals surface area (Å²) in [6.07, 6.45) is 5.07. The highest BCUT2D eigenvalue weighted by Crippen LogP contribution is 2.43. The Bertz CT molecular complexity index is 338. The van der Waals surface area contributed by atoms with Crippen molar-refractivity contribution < 1.29 is 0 Å². The molecule has 1 spiro atoms. The van der Waals surface area contributed by atoms with E-state index in [4.69, 9.17) is 5.84 Å². The van der Waals surface area contributed by atoms with Crippen molar-refractivity contribution in [2.24, 2.45) is 11.3 Å². The first-order valence-electron chi connectivity index (χ1n) is 5.84. The summed E-state index contributed by atoms with van der Waals surface area (Å²) in [6.45, 7) is 2.13. The zero-order valence-corrected chi connectivity index (χ0v) is 9.08. The van der Waals surface area contributed by atoms with E-state index < -0.39 is 0 Å². The molecular weight excluding hydrogens is 184 g/mol. The van der Waals surface area contributed by atoms with Crippen LogP contribution in [0.15, 0.2) is 24.3 Å². The minimum Gasteiger partial charge on any atom is -0.269 e. The van der Waals surface area contributed by atoms with Crippen LogP contribution in [0.5, 0.6) is 0 Å². The Balaban J connectivity index is 1.83. The second-order valence-electron chi connectivity index (χ2n) is 5.16. The van der Waals surface area contributed by atoms with E-state index in [1.54, 1.807) is 11.1 Å². The van der Waals surface area contributed by atoms with Gasteiger partial charge in [0.2, 0.25) is 0 Å². The second-order valence-corrected chi connectivity index (χ2v) is 5.16. The molecule has 0 atom stereocenters. The largest absolute Gasteiger partial charge is 0.269 e. The molecule has 0 saturated carbocycles. The molecule has 1 fully saturated rings. The molecule has 3 rings (SSSR count). The summed E-state index contributed by atoms with van der Waals surface area (Å²) in [6, 6.07) is 8.91. The van der Waals surface area contributed by atoms with E-state index in [9.17, 15) is 0 Å². The predicted octanol–water partition coefficient (Wildman–Crippen LogP) is 1.74. The van der Waals surface area contributed by atoms with Crippen LogP contribution >= 0.6 is 0 Å². The molecular formula is C13H18N2. The number of benzene rings is 1. The van der Waals surface area contributed by atoms with Gasteiger partial charge in [-0.15, -0.1) is 0 Å². The Morgan fingerprint density at radius 3 is 2.07 bits per heavy atom. The maximum Gasteiger partial charge on any atom is 0.0134 e.